The van der Waals surface area contributed by atoms with E-state index in [4.69, 9.17) is 9.47 Å². The summed E-state index contributed by atoms with van der Waals surface area (Å²) < 4.78 is 11.6. The Balaban J connectivity index is 1.42. The number of carbonyl (C=O) groups is 2. The van der Waals surface area contributed by atoms with Gasteiger partial charge in [0.1, 0.15) is 29.0 Å². The monoisotopic (exact) mass is 491 g/mol. The zero-order valence-electron chi connectivity index (χ0n) is 21.1. The fraction of sp³-hybridized carbons (Fsp3) is 0.481. The number of likely N-dealkylation sites (tertiary alicyclic amines) is 1. The Morgan fingerprint density at radius 1 is 1.17 bits per heavy atom. The summed E-state index contributed by atoms with van der Waals surface area (Å²) in [5.41, 5.74) is 3.97. The molecule has 2 aliphatic rings. The fourth-order valence-corrected chi connectivity index (χ4v) is 4.80. The third-order valence-electron chi connectivity index (χ3n) is 7.10. The number of ether oxygens (including phenoxy) is 2. The van der Waals surface area contributed by atoms with E-state index in [2.05, 4.69) is 20.3 Å². The van der Waals surface area contributed by atoms with Crippen LogP contribution in [0.3, 0.4) is 0 Å². The minimum Gasteiger partial charge on any atom is -0.497 e. The van der Waals surface area contributed by atoms with Gasteiger partial charge >= 0.3 is 0 Å². The van der Waals surface area contributed by atoms with Crippen molar-refractivity contribution in [1.82, 2.24) is 25.2 Å². The zero-order chi connectivity index (χ0) is 25.2. The smallest absolute Gasteiger partial charge is 0.255 e. The maximum atomic E-state index is 13.4. The minimum absolute atomic E-state index is 0.0184. The highest BCUT2D eigenvalue weighted by molar-refractivity contribution is 6.09. The number of amides is 2. The molecule has 1 aliphatic heterocycles. The van der Waals surface area contributed by atoms with E-state index in [1.807, 2.05) is 36.9 Å². The molecule has 1 aliphatic carbocycles. The third-order valence-corrected chi connectivity index (χ3v) is 7.10. The van der Waals surface area contributed by atoms with E-state index in [0.717, 1.165) is 29.8 Å². The number of hydrogen-bond donors (Lipinski definition) is 2. The summed E-state index contributed by atoms with van der Waals surface area (Å²) in [5, 5.41) is 3.16. The first-order valence-corrected chi connectivity index (χ1v) is 12.7. The quantitative estimate of drug-likeness (QED) is 0.495. The number of aromatic amines is 1. The molecule has 0 unspecified atom stereocenters. The molecule has 9 heteroatoms. The summed E-state index contributed by atoms with van der Waals surface area (Å²) in [4.78, 5) is 39.6. The number of H-pyrrole nitrogens is 1. The Morgan fingerprint density at radius 2 is 1.94 bits per heavy atom. The number of nitrogens with one attached hydrogen (secondary N) is 2. The second-order valence-corrected chi connectivity index (χ2v) is 9.67. The summed E-state index contributed by atoms with van der Waals surface area (Å²) in [6.07, 6.45) is 5.88. The molecule has 0 radical (unpaired) electrons. The zero-order valence-corrected chi connectivity index (χ0v) is 21.1. The second kappa shape index (κ2) is 10.2. The number of nitrogens with zero attached hydrogens (tertiary/aromatic N) is 3. The number of hydrogen-bond acceptors (Lipinski definition) is 6. The van der Waals surface area contributed by atoms with Crippen LogP contribution in [-0.4, -0.2) is 64.5 Å². The van der Waals surface area contributed by atoms with Crippen LogP contribution in [0.4, 0.5) is 0 Å². The number of piperidine rings is 1. The van der Waals surface area contributed by atoms with Crippen LogP contribution in [0.5, 0.6) is 11.5 Å². The number of fused-ring (bicyclic) bond motifs is 1. The van der Waals surface area contributed by atoms with Crippen LogP contribution >= 0.6 is 0 Å². The average Bonchev–Trinajstić information content (AvgIpc) is 3.66. The van der Waals surface area contributed by atoms with E-state index in [1.54, 1.807) is 7.11 Å². The van der Waals surface area contributed by atoms with Crippen molar-refractivity contribution in [3.05, 3.63) is 35.8 Å². The Morgan fingerprint density at radius 3 is 2.64 bits per heavy atom. The molecule has 36 heavy (non-hydrogen) atoms. The van der Waals surface area contributed by atoms with Crippen molar-refractivity contribution in [2.45, 2.75) is 52.0 Å². The van der Waals surface area contributed by atoms with Gasteiger partial charge in [-0.25, -0.2) is 9.97 Å². The van der Waals surface area contributed by atoms with E-state index in [-0.39, 0.29) is 17.9 Å². The largest absolute Gasteiger partial charge is 0.497 e. The van der Waals surface area contributed by atoms with Crippen molar-refractivity contribution >= 4 is 22.8 Å². The molecular weight excluding hydrogens is 458 g/mol. The van der Waals surface area contributed by atoms with Gasteiger partial charge in [-0.2, -0.15) is 0 Å². The van der Waals surface area contributed by atoms with E-state index < -0.39 is 0 Å². The normalized spacial score (nSPS) is 16.2. The number of benzene rings is 1. The van der Waals surface area contributed by atoms with Crippen molar-refractivity contribution in [1.29, 1.82) is 0 Å². The number of carbonyl (C=O) groups excluding carboxylic acids is 2. The van der Waals surface area contributed by atoms with E-state index in [9.17, 15) is 9.59 Å². The Labute approximate surface area is 210 Å². The molecule has 0 bridgehead atoms. The molecule has 3 heterocycles. The van der Waals surface area contributed by atoms with E-state index in [0.29, 0.717) is 60.1 Å². The molecule has 0 spiro atoms. The Kier molecular flexibility index (Phi) is 6.80. The van der Waals surface area contributed by atoms with Crippen molar-refractivity contribution in [3.8, 4) is 22.8 Å². The van der Waals surface area contributed by atoms with Gasteiger partial charge < -0.3 is 24.7 Å². The topological polar surface area (TPSA) is 109 Å². The van der Waals surface area contributed by atoms with Crippen LogP contribution in [0.1, 0.15) is 55.1 Å². The fourth-order valence-electron chi connectivity index (χ4n) is 4.80. The van der Waals surface area contributed by atoms with Gasteiger partial charge in [0.2, 0.25) is 5.91 Å². The highest BCUT2D eigenvalue weighted by Crippen LogP contribution is 2.38. The number of aryl methyl sites for hydroxylation is 1. The van der Waals surface area contributed by atoms with Crippen LogP contribution in [0.25, 0.3) is 22.3 Å². The van der Waals surface area contributed by atoms with Gasteiger partial charge in [0, 0.05) is 36.8 Å². The summed E-state index contributed by atoms with van der Waals surface area (Å²) in [6.45, 7) is 5.75. The van der Waals surface area contributed by atoms with Gasteiger partial charge in [0.15, 0.2) is 0 Å². The van der Waals surface area contributed by atoms with Crippen LogP contribution < -0.4 is 14.8 Å². The molecule has 2 fully saturated rings. The molecule has 1 saturated heterocycles. The van der Waals surface area contributed by atoms with E-state index >= 15 is 0 Å². The maximum Gasteiger partial charge on any atom is 0.255 e. The molecule has 5 rings (SSSR count). The van der Waals surface area contributed by atoms with Crippen LogP contribution in [0.2, 0.25) is 0 Å². The molecule has 2 amide bonds. The molecule has 0 atom stereocenters. The third kappa shape index (κ3) is 4.87. The Hall–Kier alpha value is -3.62. The van der Waals surface area contributed by atoms with Crippen molar-refractivity contribution in [3.63, 3.8) is 0 Å². The lowest BCUT2D eigenvalue weighted by molar-refractivity contribution is -0.131. The molecular formula is C27H33N5O4. The summed E-state index contributed by atoms with van der Waals surface area (Å²) in [5.74, 6) is 2.04. The first-order valence-electron chi connectivity index (χ1n) is 12.7. The first kappa shape index (κ1) is 24.1. The SMILES string of the molecule is CCC(=O)N1CCC(NC(=O)c2c(C)[nH]c3c(-c4cc(OC)ccc4OCC4CC4)ncnc23)CC1. The van der Waals surface area contributed by atoms with Crippen molar-refractivity contribution in [2.75, 3.05) is 26.8 Å². The molecule has 2 N–H and O–H groups in total. The van der Waals surface area contributed by atoms with Crippen LogP contribution in [0.15, 0.2) is 24.5 Å². The molecule has 9 nitrogen and oxygen atoms in total. The summed E-state index contributed by atoms with van der Waals surface area (Å²) >= 11 is 0. The van der Waals surface area contributed by atoms with Gasteiger partial charge in [0.05, 0.1) is 24.8 Å². The lowest BCUT2D eigenvalue weighted by Gasteiger charge is -2.32. The van der Waals surface area contributed by atoms with Crippen molar-refractivity contribution < 1.29 is 19.1 Å². The Bertz CT molecular complexity index is 1270. The number of aromatic nitrogens is 3. The molecule has 2 aromatic heterocycles. The van der Waals surface area contributed by atoms with Gasteiger partial charge in [-0.15, -0.1) is 0 Å². The van der Waals surface area contributed by atoms with E-state index in [1.165, 1.54) is 19.2 Å². The first-order chi connectivity index (χ1) is 17.5. The molecule has 190 valence electrons. The average molecular weight is 492 g/mol. The number of methoxy groups -OCH3 is 1. The predicted octanol–water partition coefficient (Wildman–Crippen LogP) is 3.86. The summed E-state index contributed by atoms with van der Waals surface area (Å²) in [7, 11) is 1.63. The molecule has 3 aromatic rings. The predicted molar refractivity (Wildman–Crippen MR) is 136 cm³/mol. The highest BCUT2D eigenvalue weighted by atomic mass is 16.5. The van der Waals surface area contributed by atoms with Gasteiger partial charge in [0.25, 0.3) is 5.91 Å². The van der Waals surface area contributed by atoms with Crippen LogP contribution in [-0.2, 0) is 4.79 Å². The molecule has 1 aromatic carbocycles. The summed E-state index contributed by atoms with van der Waals surface area (Å²) in [6, 6.07) is 5.71. The van der Waals surface area contributed by atoms with Crippen LogP contribution in [0, 0.1) is 12.8 Å². The maximum absolute atomic E-state index is 13.4. The van der Waals surface area contributed by atoms with Gasteiger partial charge in [-0.3, -0.25) is 9.59 Å². The lowest BCUT2D eigenvalue weighted by Crippen LogP contribution is -2.46. The van der Waals surface area contributed by atoms with Gasteiger partial charge in [-0.1, -0.05) is 6.92 Å². The highest BCUT2D eigenvalue weighted by Gasteiger charge is 2.27. The second-order valence-electron chi connectivity index (χ2n) is 9.67. The standard InChI is InChI=1S/C27H33N5O4/c1-4-22(33)32-11-9-18(10-12-32)31-27(34)23-16(2)30-26-24(28-15-29-25(23)26)20-13-19(35-3)7-8-21(20)36-14-17-5-6-17/h7-8,13,15,17-18,30H,4-6,9-12,14H2,1-3H3,(H,31,34). The number of rotatable bonds is 8. The van der Waals surface area contributed by atoms with Crippen molar-refractivity contribution in [2.24, 2.45) is 5.92 Å². The minimum atomic E-state index is -0.167. The molecule has 1 saturated carbocycles. The lowest BCUT2D eigenvalue weighted by atomic mass is 10.0. The van der Waals surface area contributed by atoms with Gasteiger partial charge in [-0.05, 0) is 56.7 Å².